The van der Waals surface area contributed by atoms with Crippen LogP contribution in [0.2, 0.25) is 0 Å². The molecule has 0 bridgehead atoms. The first-order valence-corrected chi connectivity index (χ1v) is 19.0. The van der Waals surface area contributed by atoms with Crippen molar-refractivity contribution < 1.29 is 9.47 Å². The maximum absolute atomic E-state index is 6.56. The number of hydrogen-bond acceptors (Lipinski definition) is 6. The van der Waals surface area contributed by atoms with Crippen LogP contribution in [0.1, 0.15) is 11.1 Å². The van der Waals surface area contributed by atoms with Crippen molar-refractivity contribution in [1.29, 1.82) is 0 Å². The predicted molar refractivity (Wildman–Crippen MR) is 233 cm³/mol. The first kappa shape index (κ1) is 32.7. The second-order valence-electron chi connectivity index (χ2n) is 14.6. The molecule has 6 heteroatoms. The van der Waals surface area contributed by atoms with Gasteiger partial charge in [0.05, 0.1) is 22.4 Å². The van der Waals surface area contributed by atoms with E-state index in [4.69, 9.17) is 30.9 Å². The molecule has 0 radical (unpaired) electrons. The normalized spacial score (nSPS) is 11.9. The maximum Gasteiger partial charge on any atom is 0.128 e. The number of anilines is 2. The van der Waals surface area contributed by atoms with Crippen molar-refractivity contribution in [2.75, 3.05) is 11.5 Å². The first-order chi connectivity index (χ1) is 28.0. The van der Waals surface area contributed by atoms with E-state index >= 15 is 0 Å². The van der Waals surface area contributed by atoms with E-state index in [-0.39, 0.29) is 0 Å². The van der Waals surface area contributed by atoms with Gasteiger partial charge in [0.25, 0.3) is 0 Å². The van der Waals surface area contributed by atoms with Gasteiger partial charge in [0.2, 0.25) is 0 Å². The van der Waals surface area contributed by atoms with Crippen LogP contribution in [-0.2, 0) is 6.42 Å². The Kier molecular flexibility index (Phi) is 7.44. The highest BCUT2D eigenvalue weighted by Crippen LogP contribution is 2.43. The lowest BCUT2D eigenvalue weighted by atomic mass is 9.99. The molecule has 270 valence electrons. The number of ether oxygens (including phenoxy) is 2. The molecule has 6 nitrogen and oxygen atoms in total. The number of pyridine rings is 2. The number of benzene rings is 8. The van der Waals surface area contributed by atoms with E-state index in [1.165, 1.54) is 22.3 Å². The number of fused-ring (bicyclic) bond motifs is 9. The molecule has 0 unspecified atom stereocenters. The van der Waals surface area contributed by atoms with Crippen LogP contribution in [0, 0.1) is 0 Å². The highest BCUT2D eigenvalue weighted by molar-refractivity contribution is 6.13. The molecular weight excluding hydrogens is 701 g/mol. The Hall–Kier alpha value is -7.70. The molecule has 0 amide bonds. The number of nitrogen functional groups attached to an aromatic ring is 2. The van der Waals surface area contributed by atoms with Crippen molar-refractivity contribution in [3.8, 4) is 56.6 Å². The van der Waals surface area contributed by atoms with Gasteiger partial charge < -0.3 is 20.9 Å². The highest BCUT2D eigenvalue weighted by Gasteiger charge is 2.21. The average Bonchev–Trinajstić information content (AvgIpc) is 3.60. The Balaban J connectivity index is 0.888. The zero-order valence-corrected chi connectivity index (χ0v) is 30.7. The molecule has 1 aliphatic carbocycles. The molecule has 0 spiro atoms. The summed E-state index contributed by atoms with van der Waals surface area (Å²) in [6.07, 6.45) is 0.781. The van der Waals surface area contributed by atoms with Crippen molar-refractivity contribution in [1.82, 2.24) is 9.97 Å². The standard InChI is InChI=1S/C51H34N4O2/c52-34-11-17-44-42-21-15-38(28-46(42)50(54-48(44)26-34)30-7-3-1-4-8-30)56-36-13-19-40-32(24-36)23-33-25-37(14-20-41(33)40)57-39-16-22-43-45-18-12-35(53)27-49(45)55-51(47(43)29-39)31-9-5-2-6-10-31/h1-22,24-29H,23,52-53H2. The van der Waals surface area contributed by atoms with Gasteiger partial charge in [-0.05, 0) is 124 Å². The minimum atomic E-state index is 0.692. The van der Waals surface area contributed by atoms with Gasteiger partial charge in [-0.15, -0.1) is 0 Å². The summed E-state index contributed by atoms with van der Waals surface area (Å²) < 4.78 is 13.1. The SMILES string of the molecule is Nc1ccc2c(c1)nc(-c1ccccc1)c1cc(Oc3ccc4c(c3)Cc3cc(Oc5ccc6c(c5)c(-c5ccccc5)nc5cc(N)ccc56)ccc3-4)ccc12. The fraction of sp³-hybridized carbons (Fsp3) is 0.0196. The monoisotopic (exact) mass is 734 g/mol. The Morgan fingerprint density at radius 2 is 0.772 bits per heavy atom. The van der Waals surface area contributed by atoms with E-state index in [1.807, 2.05) is 97.1 Å². The molecule has 10 aromatic rings. The van der Waals surface area contributed by atoms with Crippen LogP contribution in [-0.4, -0.2) is 9.97 Å². The molecule has 11 rings (SSSR count). The van der Waals surface area contributed by atoms with E-state index < -0.39 is 0 Å². The van der Waals surface area contributed by atoms with Gasteiger partial charge in [-0.3, -0.25) is 0 Å². The van der Waals surface area contributed by atoms with E-state index in [9.17, 15) is 0 Å². The summed E-state index contributed by atoms with van der Waals surface area (Å²) in [5, 5.41) is 6.36. The van der Waals surface area contributed by atoms with E-state index in [1.54, 1.807) is 0 Å². The number of rotatable bonds is 6. The number of nitrogens with zero attached hydrogens (tertiary/aromatic N) is 2. The fourth-order valence-electron chi connectivity index (χ4n) is 8.33. The second-order valence-corrected chi connectivity index (χ2v) is 14.6. The molecule has 0 fully saturated rings. The summed E-state index contributed by atoms with van der Waals surface area (Å²) >= 11 is 0. The lowest BCUT2D eigenvalue weighted by molar-refractivity contribution is 0.483. The minimum absolute atomic E-state index is 0.692. The summed E-state index contributed by atoms with van der Waals surface area (Å²) in [7, 11) is 0. The van der Waals surface area contributed by atoms with E-state index in [0.717, 1.165) is 95.3 Å². The quantitative estimate of drug-likeness (QED) is 0.130. The van der Waals surface area contributed by atoms with Crippen molar-refractivity contribution >= 4 is 54.7 Å². The van der Waals surface area contributed by atoms with E-state index in [2.05, 4.69) is 72.8 Å². The predicted octanol–water partition coefficient (Wildman–Crippen LogP) is 12.7. The molecule has 2 aromatic heterocycles. The van der Waals surface area contributed by atoms with Crippen molar-refractivity contribution in [3.63, 3.8) is 0 Å². The molecule has 8 aromatic carbocycles. The van der Waals surface area contributed by atoms with Crippen LogP contribution < -0.4 is 20.9 Å². The molecule has 0 saturated heterocycles. The minimum Gasteiger partial charge on any atom is -0.457 e. The van der Waals surface area contributed by atoms with Crippen LogP contribution in [0.5, 0.6) is 23.0 Å². The zero-order chi connectivity index (χ0) is 38.0. The van der Waals surface area contributed by atoms with Gasteiger partial charge >= 0.3 is 0 Å². The van der Waals surface area contributed by atoms with Crippen LogP contribution in [0.4, 0.5) is 11.4 Å². The van der Waals surface area contributed by atoms with Crippen LogP contribution in [0.3, 0.4) is 0 Å². The molecule has 4 N–H and O–H groups in total. The van der Waals surface area contributed by atoms with Gasteiger partial charge in [-0.2, -0.15) is 0 Å². The topological polar surface area (TPSA) is 96.3 Å². The zero-order valence-electron chi connectivity index (χ0n) is 30.7. The van der Waals surface area contributed by atoms with Crippen LogP contribution >= 0.6 is 0 Å². The average molecular weight is 735 g/mol. The van der Waals surface area contributed by atoms with Gasteiger partial charge in [0.15, 0.2) is 0 Å². The Morgan fingerprint density at radius 1 is 0.368 bits per heavy atom. The molecule has 0 aliphatic heterocycles. The second kappa shape index (κ2) is 13.0. The Morgan fingerprint density at radius 3 is 1.23 bits per heavy atom. The van der Waals surface area contributed by atoms with Gasteiger partial charge in [-0.1, -0.05) is 84.9 Å². The molecule has 1 aliphatic rings. The number of nitrogens with two attached hydrogens (primary N) is 2. The molecule has 57 heavy (non-hydrogen) atoms. The Bertz CT molecular complexity index is 3020. The summed E-state index contributed by atoms with van der Waals surface area (Å²) in [6.45, 7) is 0. The van der Waals surface area contributed by atoms with Crippen molar-refractivity contribution in [2.24, 2.45) is 0 Å². The highest BCUT2D eigenvalue weighted by atomic mass is 16.5. The third-order valence-electron chi connectivity index (χ3n) is 11.0. The lowest BCUT2D eigenvalue weighted by Crippen LogP contribution is -1.93. The summed E-state index contributed by atoms with van der Waals surface area (Å²) in [5.41, 5.74) is 24.2. The van der Waals surface area contributed by atoms with Crippen LogP contribution in [0.25, 0.3) is 77.0 Å². The van der Waals surface area contributed by atoms with Crippen molar-refractivity contribution in [2.45, 2.75) is 6.42 Å². The Labute approximate surface area is 328 Å². The van der Waals surface area contributed by atoms with Gasteiger partial charge in [0.1, 0.15) is 23.0 Å². The molecule has 0 saturated carbocycles. The van der Waals surface area contributed by atoms with Crippen molar-refractivity contribution in [3.05, 3.63) is 181 Å². The number of aromatic nitrogens is 2. The fourth-order valence-corrected chi connectivity index (χ4v) is 8.33. The molecular formula is C51H34N4O2. The smallest absolute Gasteiger partial charge is 0.128 e. The lowest BCUT2D eigenvalue weighted by Gasteiger charge is -2.13. The summed E-state index contributed by atoms with van der Waals surface area (Å²) in [6, 6.07) is 57.5. The number of hydrogen-bond donors (Lipinski definition) is 2. The third-order valence-corrected chi connectivity index (χ3v) is 11.0. The largest absolute Gasteiger partial charge is 0.457 e. The van der Waals surface area contributed by atoms with Crippen LogP contribution in [0.15, 0.2) is 170 Å². The molecule has 0 atom stereocenters. The van der Waals surface area contributed by atoms with Gasteiger partial charge in [-0.25, -0.2) is 9.97 Å². The first-order valence-electron chi connectivity index (χ1n) is 19.0. The maximum atomic E-state index is 6.56. The summed E-state index contributed by atoms with van der Waals surface area (Å²) in [5.74, 6) is 3.07. The van der Waals surface area contributed by atoms with Gasteiger partial charge in [0, 0.05) is 44.0 Å². The third kappa shape index (κ3) is 5.74. The molecule has 2 heterocycles. The summed E-state index contributed by atoms with van der Waals surface area (Å²) in [4.78, 5) is 10.2. The van der Waals surface area contributed by atoms with E-state index in [0.29, 0.717) is 11.4 Å².